The number of nitrogens with two attached hydrogens (primary N) is 1. The van der Waals surface area contributed by atoms with Gasteiger partial charge in [0.05, 0.1) is 11.4 Å². The van der Waals surface area contributed by atoms with E-state index in [-0.39, 0.29) is 29.9 Å². The van der Waals surface area contributed by atoms with E-state index in [1.54, 1.807) is 18.2 Å². The first-order chi connectivity index (χ1) is 16.1. The van der Waals surface area contributed by atoms with E-state index in [0.29, 0.717) is 49.7 Å². The van der Waals surface area contributed by atoms with Crippen molar-refractivity contribution in [2.75, 3.05) is 55.3 Å². The lowest BCUT2D eigenvalue weighted by atomic mass is 10.1. The Balaban J connectivity index is 0.00000324. The van der Waals surface area contributed by atoms with Crippen molar-refractivity contribution in [1.82, 2.24) is 20.8 Å². The molecule has 1 aromatic heterocycles. The van der Waals surface area contributed by atoms with Crippen LogP contribution in [0.3, 0.4) is 0 Å². The molecule has 0 saturated carbocycles. The number of benzene rings is 2. The van der Waals surface area contributed by atoms with Gasteiger partial charge in [0.2, 0.25) is 5.91 Å². The zero-order valence-corrected chi connectivity index (χ0v) is 19.8. The third-order valence-electron chi connectivity index (χ3n) is 5.77. The lowest BCUT2D eigenvalue weighted by molar-refractivity contribution is -0.122. The quantitative estimate of drug-likeness (QED) is 0.376. The maximum absolute atomic E-state index is 13.2. The predicted molar refractivity (Wildman–Crippen MR) is 138 cm³/mol. The molecule has 1 unspecified atom stereocenters. The number of likely N-dealkylation sites (N-methyl/N-ethyl adjacent to an activating group) is 1. The number of phenols is 1. The summed E-state index contributed by atoms with van der Waals surface area (Å²) < 4.78 is 0. The summed E-state index contributed by atoms with van der Waals surface area (Å²) in [5, 5.41) is 24.6. The molecule has 10 heteroatoms. The van der Waals surface area contributed by atoms with Crippen LogP contribution in [0.4, 0.5) is 17.2 Å². The molecule has 0 radical (unpaired) electrons. The second-order valence-electron chi connectivity index (χ2n) is 7.90. The van der Waals surface area contributed by atoms with Crippen molar-refractivity contribution < 1.29 is 9.90 Å². The highest BCUT2D eigenvalue weighted by Gasteiger charge is 2.33. The molecule has 1 atom stereocenters. The summed E-state index contributed by atoms with van der Waals surface area (Å²) in [6, 6.07) is 18.3. The summed E-state index contributed by atoms with van der Waals surface area (Å²) in [7, 11) is 1.85. The second-order valence-corrected chi connectivity index (χ2v) is 7.90. The topological polar surface area (TPSA) is 120 Å². The minimum atomic E-state index is -0.404. The van der Waals surface area contributed by atoms with Crippen LogP contribution in [0.15, 0.2) is 60.7 Å². The van der Waals surface area contributed by atoms with Crippen molar-refractivity contribution in [2.24, 2.45) is 0 Å². The lowest BCUT2D eigenvalue weighted by Gasteiger charge is -2.43. The number of amides is 1. The van der Waals surface area contributed by atoms with Crippen molar-refractivity contribution in [3.8, 4) is 17.0 Å². The molecule has 5 N–H and O–H groups in total. The highest BCUT2D eigenvalue weighted by Crippen LogP contribution is 2.32. The molecule has 9 nitrogen and oxygen atoms in total. The number of phenolic OH excluding ortho intramolecular Hbond substituents is 1. The van der Waals surface area contributed by atoms with E-state index in [1.807, 2.05) is 49.5 Å². The molecule has 1 aliphatic rings. The molecule has 4 rings (SSSR count). The Bertz CT molecular complexity index is 1100. The fraction of sp³-hybridized carbons (Fsp3) is 0.292. The van der Waals surface area contributed by atoms with Gasteiger partial charge in [0.25, 0.3) is 0 Å². The van der Waals surface area contributed by atoms with E-state index < -0.39 is 6.04 Å². The number of nitrogens with one attached hydrogen (secondary N) is 2. The Morgan fingerprint density at radius 1 is 1.09 bits per heavy atom. The van der Waals surface area contributed by atoms with E-state index in [1.165, 1.54) is 0 Å². The zero-order chi connectivity index (χ0) is 23.2. The van der Waals surface area contributed by atoms with Crippen LogP contribution in [0.2, 0.25) is 0 Å². The number of halogens is 1. The number of rotatable bonds is 7. The largest absolute Gasteiger partial charge is 0.507 e. The smallest absolute Gasteiger partial charge is 0.244 e. The van der Waals surface area contributed by atoms with Crippen LogP contribution in [0.1, 0.15) is 0 Å². The van der Waals surface area contributed by atoms with Crippen LogP contribution in [0.25, 0.3) is 11.3 Å². The van der Waals surface area contributed by atoms with Crippen molar-refractivity contribution in [2.45, 2.75) is 6.04 Å². The van der Waals surface area contributed by atoms with Gasteiger partial charge in [-0.2, -0.15) is 0 Å². The van der Waals surface area contributed by atoms with E-state index in [9.17, 15) is 9.90 Å². The summed E-state index contributed by atoms with van der Waals surface area (Å²) >= 11 is 0. The fourth-order valence-electron chi connectivity index (χ4n) is 4.05. The monoisotopic (exact) mass is 483 g/mol. The molecule has 1 aliphatic heterocycles. The normalized spacial score (nSPS) is 15.5. The van der Waals surface area contributed by atoms with Crippen LogP contribution >= 0.6 is 12.4 Å². The molecule has 1 saturated heterocycles. The highest BCUT2D eigenvalue weighted by atomic mass is 35.5. The fourth-order valence-corrected chi connectivity index (χ4v) is 4.05. The molecule has 34 heavy (non-hydrogen) atoms. The van der Waals surface area contributed by atoms with Gasteiger partial charge >= 0.3 is 0 Å². The first-order valence-electron chi connectivity index (χ1n) is 11.0. The number of nitrogen functional groups attached to an aromatic ring is 1. The van der Waals surface area contributed by atoms with Gasteiger partial charge in [0.1, 0.15) is 11.8 Å². The van der Waals surface area contributed by atoms with Gasteiger partial charge in [-0.15, -0.1) is 22.6 Å². The van der Waals surface area contributed by atoms with E-state index in [0.717, 1.165) is 5.69 Å². The van der Waals surface area contributed by atoms with Crippen LogP contribution in [-0.4, -0.2) is 67.0 Å². The maximum atomic E-state index is 13.2. The van der Waals surface area contributed by atoms with Gasteiger partial charge in [-0.1, -0.05) is 30.3 Å². The van der Waals surface area contributed by atoms with Crippen molar-refractivity contribution in [3.63, 3.8) is 0 Å². The summed E-state index contributed by atoms with van der Waals surface area (Å²) in [6.45, 7) is 2.98. The SMILES string of the molecule is CNCCNC(=O)C1CN(c2cc(-c3ccccc3O)nnc2N)CCN1c1ccccc1.Cl. The third kappa shape index (κ3) is 5.49. The number of para-hydroxylation sites is 2. The van der Waals surface area contributed by atoms with E-state index >= 15 is 0 Å². The Morgan fingerprint density at radius 3 is 2.56 bits per heavy atom. The molecule has 0 spiro atoms. The minimum absolute atomic E-state index is 0. The molecule has 1 amide bonds. The Hall–Kier alpha value is -3.56. The number of carbonyl (C=O) groups excluding carboxylic acids is 1. The van der Waals surface area contributed by atoms with Crippen LogP contribution in [-0.2, 0) is 4.79 Å². The molecule has 0 aliphatic carbocycles. The third-order valence-corrected chi connectivity index (χ3v) is 5.77. The molecule has 3 aromatic rings. The van der Waals surface area contributed by atoms with Crippen LogP contribution < -0.4 is 26.2 Å². The predicted octanol–water partition coefficient (Wildman–Crippen LogP) is 1.88. The standard InChI is InChI=1S/C24H29N7O2.ClH/c1-26-11-12-27-24(33)21-16-30(13-14-31(21)17-7-3-2-4-8-17)20-15-19(28-29-23(20)25)18-9-5-6-10-22(18)32;/h2-10,15,21,26,32H,11-14,16H2,1H3,(H2,25,29)(H,27,33);1H. The maximum Gasteiger partial charge on any atom is 0.244 e. The zero-order valence-electron chi connectivity index (χ0n) is 19.0. The molecule has 2 heterocycles. The number of piperazine rings is 1. The average Bonchev–Trinajstić information content (AvgIpc) is 2.85. The minimum Gasteiger partial charge on any atom is -0.507 e. The average molecular weight is 484 g/mol. The highest BCUT2D eigenvalue weighted by molar-refractivity contribution is 5.87. The van der Waals surface area contributed by atoms with Crippen molar-refractivity contribution >= 4 is 35.5 Å². The summed E-state index contributed by atoms with van der Waals surface area (Å²) in [5.74, 6) is 0.371. The Kier molecular flexibility index (Phi) is 8.50. The molecule has 0 bridgehead atoms. The number of carbonyl (C=O) groups is 1. The van der Waals surface area contributed by atoms with Crippen LogP contribution in [0, 0.1) is 0 Å². The van der Waals surface area contributed by atoms with Gasteiger partial charge in [-0.3, -0.25) is 4.79 Å². The number of anilines is 3. The first-order valence-corrected chi connectivity index (χ1v) is 11.0. The molecule has 1 fully saturated rings. The number of aromatic nitrogens is 2. The number of hydrogen-bond donors (Lipinski definition) is 4. The molecule has 180 valence electrons. The Morgan fingerprint density at radius 2 is 1.82 bits per heavy atom. The van der Waals surface area contributed by atoms with Gasteiger partial charge in [-0.25, -0.2) is 0 Å². The van der Waals surface area contributed by atoms with Gasteiger partial charge < -0.3 is 31.3 Å². The van der Waals surface area contributed by atoms with Gasteiger partial charge in [0.15, 0.2) is 5.82 Å². The van der Waals surface area contributed by atoms with Gasteiger partial charge in [0, 0.05) is 44.0 Å². The van der Waals surface area contributed by atoms with Crippen LogP contribution in [0.5, 0.6) is 5.75 Å². The molecular weight excluding hydrogens is 454 g/mol. The second kappa shape index (κ2) is 11.5. The Labute approximate surface area is 205 Å². The summed E-state index contributed by atoms with van der Waals surface area (Å²) in [4.78, 5) is 17.3. The number of nitrogens with zero attached hydrogens (tertiary/aromatic N) is 4. The van der Waals surface area contributed by atoms with Crippen molar-refractivity contribution in [1.29, 1.82) is 0 Å². The number of aromatic hydroxyl groups is 1. The molecular formula is C24H30ClN7O2. The molecule has 2 aromatic carbocycles. The number of hydrogen-bond acceptors (Lipinski definition) is 8. The van der Waals surface area contributed by atoms with E-state index in [4.69, 9.17) is 5.73 Å². The lowest BCUT2D eigenvalue weighted by Crippen LogP contribution is -2.60. The summed E-state index contributed by atoms with van der Waals surface area (Å²) in [5.41, 5.74) is 9.01. The summed E-state index contributed by atoms with van der Waals surface area (Å²) in [6.07, 6.45) is 0. The van der Waals surface area contributed by atoms with Gasteiger partial charge in [-0.05, 0) is 37.4 Å². The first kappa shape index (κ1) is 25.1. The van der Waals surface area contributed by atoms with E-state index in [2.05, 4.69) is 30.6 Å². The van der Waals surface area contributed by atoms with Crippen molar-refractivity contribution in [3.05, 3.63) is 60.7 Å².